The van der Waals surface area contributed by atoms with Crippen LogP contribution in [0, 0.1) is 0 Å². The van der Waals surface area contributed by atoms with Crippen molar-refractivity contribution in [1.82, 2.24) is 0 Å². The molecule has 144 valence electrons. The molecule has 0 aromatic heterocycles. The molecule has 0 aliphatic rings. The van der Waals surface area contributed by atoms with E-state index in [0.717, 1.165) is 5.56 Å². The summed E-state index contributed by atoms with van der Waals surface area (Å²) in [7, 11) is -0.931. The molecule has 0 unspecified atom stereocenters. The first kappa shape index (κ1) is 19.4. The van der Waals surface area contributed by atoms with Crippen molar-refractivity contribution in [2.75, 3.05) is 18.9 Å². The fourth-order valence-corrected chi connectivity index (χ4v) is 3.79. The van der Waals surface area contributed by atoms with Gasteiger partial charge in [0.05, 0.1) is 30.4 Å². The predicted octanol–water partition coefficient (Wildman–Crippen LogP) is 3.95. The van der Waals surface area contributed by atoms with Crippen LogP contribution in [0.25, 0.3) is 11.1 Å². The maximum atomic E-state index is 12.7. The molecule has 28 heavy (non-hydrogen) atoms. The van der Waals surface area contributed by atoms with E-state index in [1.165, 1.54) is 25.3 Å². The molecule has 0 aliphatic heterocycles. The normalized spacial score (nSPS) is 10.9. The number of carbonyl (C=O) groups is 1. The number of carbonyl (C=O) groups excluding carboxylic acids is 1. The van der Waals surface area contributed by atoms with Gasteiger partial charge in [0.2, 0.25) is 0 Å². The van der Waals surface area contributed by atoms with Gasteiger partial charge in [-0.1, -0.05) is 30.3 Å². The average Bonchev–Trinajstić information content (AvgIpc) is 2.74. The minimum Gasteiger partial charge on any atom is -0.497 e. The molecule has 1 N–H and O–H groups in total. The van der Waals surface area contributed by atoms with Crippen LogP contribution in [0.4, 0.5) is 5.69 Å². The Kier molecular flexibility index (Phi) is 5.65. The van der Waals surface area contributed by atoms with E-state index >= 15 is 0 Å². The Balaban J connectivity index is 2.08. The molecular weight excluding hydrogens is 378 g/mol. The molecule has 0 atom stereocenters. The van der Waals surface area contributed by atoms with Gasteiger partial charge >= 0.3 is 5.97 Å². The molecule has 0 aliphatic carbocycles. The number of sulfonamides is 1. The van der Waals surface area contributed by atoms with Gasteiger partial charge in [0, 0.05) is 5.56 Å². The maximum absolute atomic E-state index is 12.7. The van der Waals surface area contributed by atoms with E-state index in [9.17, 15) is 13.2 Å². The van der Waals surface area contributed by atoms with Crippen LogP contribution < -0.4 is 9.46 Å². The predicted molar refractivity (Wildman–Crippen MR) is 107 cm³/mol. The van der Waals surface area contributed by atoms with Crippen LogP contribution in [0.5, 0.6) is 5.75 Å². The second kappa shape index (κ2) is 8.14. The highest BCUT2D eigenvalue weighted by molar-refractivity contribution is 7.92. The van der Waals surface area contributed by atoms with Crippen LogP contribution >= 0.6 is 0 Å². The van der Waals surface area contributed by atoms with Gasteiger partial charge in [0.1, 0.15) is 5.75 Å². The van der Waals surface area contributed by atoms with Gasteiger partial charge in [-0.2, -0.15) is 0 Å². The van der Waals surface area contributed by atoms with Gasteiger partial charge in [-0.15, -0.1) is 0 Å². The van der Waals surface area contributed by atoms with Gasteiger partial charge < -0.3 is 9.47 Å². The van der Waals surface area contributed by atoms with Crippen molar-refractivity contribution in [3.05, 3.63) is 78.4 Å². The molecule has 0 saturated heterocycles. The summed E-state index contributed by atoms with van der Waals surface area (Å²) in [5.74, 6) is 0.159. The molecule has 6 nitrogen and oxygen atoms in total. The zero-order chi connectivity index (χ0) is 20.1. The molecule has 3 aromatic rings. The summed E-state index contributed by atoms with van der Waals surface area (Å²) < 4.78 is 38.0. The minimum absolute atomic E-state index is 0.146. The van der Waals surface area contributed by atoms with E-state index < -0.39 is 16.0 Å². The third kappa shape index (κ3) is 4.15. The van der Waals surface area contributed by atoms with Gasteiger partial charge in [-0.3, -0.25) is 4.72 Å². The number of hydrogen-bond donors (Lipinski definition) is 1. The molecule has 0 fully saturated rings. The highest BCUT2D eigenvalue weighted by Crippen LogP contribution is 2.32. The summed E-state index contributed by atoms with van der Waals surface area (Å²) in [5.41, 5.74) is 1.93. The van der Waals surface area contributed by atoms with Gasteiger partial charge in [0.15, 0.2) is 0 Å². The molecular formula is C21H19NO5S. The van der Waals surface area contributed by atoms with E-state index in [2.05, 4.69) is 4.72 Å². The number of nitrogens with one attached hydrogen (secondary N) is 1. The summed E-state index contributed by atoms with van der Waals surface area (Å²) in [6.45, 7) is 0. The molecule has 0 heterocycles. The maximum Gasteiger partial charge on any atom is 0.337 e. The highest BCUT2D eigenvalue weighted by Gasteiger charge is 2.18. The van der Waals surface area contributed by atoms with Crippen molar-refractivity contribution in [2.45, 2.75) is 4.90 Å². The molecule has 3 rings (SSSR count). The molecule has 0 bridgehead atoms. The number of rotatable bonds is 6. The lowest BCUT2D eigenvalue weighted by Gasteiger charge is -2.14. The monoisotopic (exact) mass is 397 g/mol. The lowest BCUT2D eigenvalue weighted by Crippen LogP contribution is -2.14. The zero-order valence-corrected chi connectivity index (χ0v) is 16.2. The number of esters is 1. The number of hydrogen-bond acceptors (Lipinski definition) is 5. The number of methoxy groups -OCH3 is 2. The molecule has 0 radical (unpaired) electrons. The summed E-state index contributed by atoms with van der Waals surface area (Å²) in [4.78, 5) is 12.1. The van der Waals surface area contributed by atoms with E-state index in [4.69, 9.17) is 9.47 Å². The SMILES string of the molecule is COC(=O)c1ccc(NS(=O)(=O)c2ccccc2)c(-c2ccc(OC)cc2)c1. The fourth-order valence-electron chi connectivity index (χ4n) is 2.69. The van der Waals surface area contributed by atoms with E-state index in [0.29, 0.717) is 22.6 Å². The van der Waals surface area contributed by atoms with Crippen molar-refractivity contribution in [3.8, 4) is 16.9 Å². The van der Waals surface area contributed by atoms with E-state index in [1.54, 1.807) is 61.7 Å². The van der Waals surface area contributed by atoms with E-state index in [1.807, 2.05) is 0 Å². The summed E-state index contributed by atoms with van der Waals surface area (Å²) in [6.07, 6.45) is 0. The lowest BCUT2D eigenvalue weighted by atomic mass is 10.0. The van der Waals surface area contributed by atoms with Crippen LogP contribution in [0.3, 0.4) is 0 Å². The third-order valence-electron chi connectivity index (χ3n) is 4.14. The molecule has 7 heteroatoms. The number of anilines is 1. The first-order chi connectivity index (χ1) is 13.4. The summed E-state index contributed by atoms with van der Waals surface area (Å²) in [6, 6.07) is 19.8. The van der Waals surface area contributed by atoms with Crippen molar-refractivity contribution in [1.29, 1.82) is 0 Å². The second-order valence-corrected chi connectivity index (χ2v) is 7.58. The first-order valence-corrected chi connectivity index (χ1v) is 9.87. The van der Waals surface area contributed by atoms with Crippen molar-refractivity contribution < 1.29 is 22.7 Å². The van der Waals surface area contributed by atoms with Gasteiger partial charge in [-0.25, -0.2) is 13.2 Å². The Morgan fingerprint density at radius 3 is 2.18 bits per heavy atom. The molecule has 3 aromatic carbocycles. The van der Waals surface area contributed by atoms with E-state index in [-0.39, 0.29) is 4.90 Å². The van der Waals surface area contributed by atoms with Crippen LogP contribution in [-0.2, 0) is 14.8 Å². The third-order valence-corrected chi connectivity index (χ3v) is 5.52. The first-order valence-electron chi connectivity index (χ1n) is 8.39. The van der Waals surface area contributed by atoms with Gasteiger partial charge in [-0.05, 0) is 48.0 Å². The zero-order valence-electron chi connectivity index (χ0n) is 15.4. The lowest BCUT2D eigenvalue weighted by molar-refractivity contribution is 0.0601. The van der Waals surface area contributed by atoms with Crippen LogP contribution in [0.1, 0.15) is 10.4 Å². The smallest absolute Gasteiger partial charge is 0.337 e. The molecule has 0 spiro atoms. The van der Waals surface area contributed by atoms with Crippen LogP contribution in [0.15, 0.2) is 77.7 Å². The second-order valence-electron chi connectivity index (χ2n) is 5.90. The Morgan fingerprint density at radius 2 is 1.57 bits per heavy atom. The van der Waals surface area contributed by atoms with Crippen molar-refractivity contribution in [3.63, 3.8) is 0 Å². The standard InChI is InChI=1S/C21H19NO5S/c1-26-17-11-8-15(9-12-17)19-14-16(21(23)27-2)10-13-20(19)22-28(24,25)18-6-4-3-5-7-18/h3-14,22H,1-2H3. The topological polar surface area (TPSA) is 81.7 Å². The Morgan fingerprint density at radius 1 is 0.893 bits per heavy atom. The number of benzene rings is 3. The van der Waals surface area contributed by atoms with Crippen molar-refractivity contribution >= 4 is 21.7 Å². The minimum atomic E-state index is -3.79. The average molecular weight is 397 g/mol. The largest absolute Gasteiger partial charge is 0.497 e. The fraction of sp³-hybridized carbons (Fsp3) is 0.0952. The van der Waals surface area contributed by atoms with Crippen LogP contribution in [0.2, 0.25) is 0 Å². The Labute approximate surface area is 163 Å². The Hall–Kier alpha value is -3.32. The van der Waals surface area contributed by atoms with Crippen molar-refractivity contribution in [2.24, 2.45) is 0 Å². The Bertz CT molecular complexity index is 1080. The summed E-state index contributed by atoms with van der Waals surface area (Å²) in [5, 5.41) is 0. The van der Waals surface area contributed by atoms with Crippen LogP contribution in [-0.4, -0.2) is 28.6 Å². The highest BCUT2D eigenvalue weighted by atomic mass is 32.2. The number of ether oxygens (including phenoxy) is 2. The van der Waals surface area contributed by atoms with Gasteiger partial charge in [0.25, 0.3) is 10.0 Å². The molecule has 0 saturated carbocycles. The molecule has 0 amide bonds. The summed E-state index contributed by atoms with van der Waals surface area (Å²) >= 11 is 0. The quantitative estimate of drug-likeness (QED) is 0.637.